The van der Waals surface area contributed by atoms with Gasteiger partial charge in [-0.1, -0.05) is 6.92 Å². The van der Waals surface area contributed by atoms with Crippen LogP contribution < -0.4 is 9.80 Å². The molecule has 1 spiro atoms. The third-order valence-electron chi connectivity index (χ3n) is 5.93. The molecule has 6 nitrogen and oxygen atoms in total. The number of anilines is 2. The van der Waals surface area contributed by atoms with Crippen molar-refractivity contribution in [2.24, 2.45) is 0 Å². The fourth-order valence-electron chi connectivity index (χ4n) is 4.22. The van der Waals surface area contributed by atoms with Crippen LogP contribution in [0.5, 0.6) is 0 Å². The zero-order valence-electron chi connectivity index (χ0n) is 17.8. The maximum atomic E-state index is 14.8. The van der Waals surface area contributed by atoms with Crippen LogP contribution in [0.1, 0.15) is 41.3 Å². The molecule has 2 saturated heterocycles. The molecule has 176 valence electrons. The van der Waals surface area contributed by atoms with Crippen LogP contribution in [0.3, 0.4) is 0 Å². The van der Waals surface area contributed by atoms with Crippen LogP contribution in [0.2, 0.25) is 0 Å². The Morgan fingerprint density at radius 3 is 2.50 bits per heavy atom. The maximum absolute atomic E-state index is 14.8. The molecule has 34 heavy (non-hydrogen) atoms. The van der Waals surface area contributed by atoms with Crippen LogP contribution in [0, 0.1) is 17.1 Å². The molecule has 4 rings (SSSR count). The second-order valence-corrected chi connectivity index (χ2v) is 8.24. The quantitative estimate of drug-likeness (QED) is 0.354. The van der Waals surface area contributed by atoms with Crippen LogP contribution in [0.25, 0.3) is 0 Å². The summed E-state index contributed by atoms with van der Waals surface area (Å²) in [5.74, 6) is -1.83. The van der Waals surface area contributed by atoms with E-state index in [0.29, 0.717) is 6.07 Å². The number of nitrogens with zero attached hydrogens (tertiary/aromatic N) is 3. The van der Waals surface area contributed by atoms with Gasteiger partial charge in [0.05, 0.1) is 35.1 Å². The molecule has 2 aromatic carbocycles. The minimum atomic E-state index is -4.83. The van der Waals surface area contributed by atoms with E-state index < -0.39 is 40.3 Å². The number of rotatable bonds is 4. The number of benzene rings is 2. The molecule has 0 N–H and O–H groups in total. The molecular formula is C23H17F4N3O3S. The Labute approximate surface area is 197 Å². The number of carbonyl (C=O) groups is 2. The number of hydrogen-bond acceptors (Lipinski definition) is 5. The first-order chi connectivity index (χ1) is 16.0. The van der Waals surface area contributed by atoms with Crippen molar-refractivity contribution < 1.29 is 31.9 Å². The van der Waals surface area contributed by atoms with Crippen molar-refractivity contribution in [3.8, 4) is 6.07 Å². The molecule has 0 aliphatic carbocycles. The van der Waals surface area contributed by atoms with Crippen molar-refractivity contribution in [3.63, 3.8) is 0 Å². The van der Waals surface area contributed by atoms with Crippen molar-refractivity contribution in [3.05, 3.63) is 58.9 Å². The van der Waals surface area contributed by atoms with Gasteiger partial charge in [-0.25, -0.2) is 4.39 Å². The summed E-state index contributed by atoms with van der Waals surface area (Å²) >= 11 is 5.50. The number of hydrogen-bond donors (Lipinski definition) is 0. The molecule has 0 aromatic heterocycles. The summed E-state index contributed by atoms with van der Waals surface area (Å²) < 4.78 is 60.8. The van der Waals surface area contributed by atoms with Crippen LogP contribution in [-0.4, -0.2) is 35.6 Å². The number of Topliss-reactive ketones (excluding diaryl/α,β-unsaturated/α-hetero) is 1. The molecular weight excluding hydrogens is 474 g/mol. The van der Waals surface area contributed by atoms with E-state index in [1.165, 1.54) is 29.2 Å². The molecule has 2 aromatic rings. The van der Waals surface area contributed by atoms with Crippen molar-refractivity contribution >= 4 is 40.4 Å². The normalized spacial score (nSPS) is 20.4. The third kappa shape index (κ3) is 3.63. The first-order valence-corrected chi connectivity index (χ1v) is 10.7. The number of amides is 1. The van der Waals surface area contributed by atoms with Gasteiger partial charge in [-0.05, 0) is 48.6 Å². The maximum Gasteiger partial charge on any atom is 0.417 e. The summed E-state index contributed by atoms with van der Waals surface area (Å²) in [6.45, 7) is 1.68. The standard InChI is InChI=1S/C23H17F4N3O3S/c1-2-19(31)16-6-5-15(10-18(16)24)30-21(34)29(20(32)22(30)7-8-33-12-22)14-4-3-13(11-28)17(9-14)23(25,26)27/h3-6,9-10H,2,7-8,12H2,1H3/t22-/m1/s1. The highest BCUT2D eigenvalue weighted by Gasteiger charge is 2.58. The number of ketones is 1. The van der Waals surface area contributed by atoms with Crippen molar-refractivity contribution in [1.82, 2.24) is 0 Å². The first-order valence-electron chi connectivity index (χ1n) is 10.3. The van der Waals surface area contributed by atoms with Gasteiger partial charge in [0.15, 0.2) is 16.4 Å². The summed E-state index contributed by atoms with van der Waals surface area (Å²) in [6.07, 6.45) is -4.56. The lowest BCUT2D eigenvalue weighted by Crippen LogP contribution is -2.50. The van der Waals surface area contributed by atoms with E-state index in [4.69, 9.17) is 22.2 Å². The summed E-state index contributed by atoms with van der Waals surface area (Å²) in [5.41, 5.74) is -3.30. The highest BCUT2D eigenvalue weighted by Crippen LogP contribution is 2.43. The molecule has 0 saturated carbocycles. The Morgan fingerprint density at radius 1 is 1.24 bits per heavy atom. The van der Waals surface area contributed by atoms with Gasteiger partial charge in [0, 0.05) is 25.1 Å². The van der Waals surface area contributed by atoms with E-state index in [0.717, 1.165) is 17.0 Å². The highest BCUT2D eigenvalue weighted by molar-refractivity contribution is 7.81. The van der Waals surface area contributed by atoms with Gasteiger partial charge in [-0.2, -0.15) is 18.4 Å². The lowest BCUT2D eigenvalue weighted by atomic mass is 9.95. The van der Waals surface area contributed by atoms with Crippen molar-refractivity contribution in [2.45, 2.75) is 31.5 Å². The van der Waals surface area contributed by atoms with Crippen LogP contribution in [0.4, 0.5) is 28.9 Å². The lowest BCUT2D eigenvalue weighted by Gasteiger charge is -2.31. The SMILES string of the molecule is CCC(=O)c1ccc(N2C(=S)N(c3ccc(C#N)c(C(F)(F)F)c3)C(=O)[C@]23CCOC3)cc1F. The summed E-state index contributed by atoms with van der Waals surface area (Å²) in [6, 6.07) is 8.17. The van der Waals surface area contributed by atoms with E-state index in [1.54, 1.807) is 6.92 Å². The van der Waals surface area contributed by atoms with Gasteiger partial charge in [0.25, 0.3) is 5.91 Å². The molecule has 2 heterocycles. The third-order valence-corrected chi connectivity index (χ3v) is 6.30. The Morgan fingerprint density at radius 2 is 1.94 bits per heavy atom. The van der Waals surface area contributed by atoms with E-state index >= 15 is 0 Å². The number of thiocarbonyl (C=S) groups is 1. The Kier molecular flexibility index (Phi) is 5.91. The number of carbonyl (C=O) groups excluding carboxylic acids is 2. The first kappa shape index (κ1) is 23.8. The predicted molar refractivity (Wildman–Crippen MR) is 118 cm³/mol. The van der Waals surface area contributed by atoms with Crippen molar-refractivity contribution in [2.75, 3.05) is 23.0 Å². The number of halogens is 4. The average molecular weight is 491 g/mol. The Hall–Kier alpha value is -3.36. The van der Waals surface area contributed by atoms with Crippen molar-refractivity contribution in [1.29, 1.82) is 5.26 Å². The molecule has 0 bridgehead atoms. The topological polar surface area (TPSA) is 73.6 Å². The second kappa shape index (κ2) is 8.45. The molecule has 2 aliphatic rings. The molecule has 0 unspecified atom stereocenters. The van der Waals surface area contributed by atoms with Gasteiger partial charge < -0.3 is 9.64 Å². The van der Waals surface area contributed by atoms with E-state index in [1.807, 2.05) is 0 Å². The molecule has 2 fully saturated rings. The minimum Gasteiger partial charge on any atom is -0.378 e. The monoisotopic (exact) mass is 491 g/mol. The van der Waals surface area contributed by atoms with Gasteiger partial charge in [0.2, 0.25) is 0 Å². The smallest absolute Gasteiger partial charge is 0.378 e. The Bertz CT molecular complexity index is 1250. The molecule has 1 amide bonds. The molecule has 2 aliphatic heterocycles. The zero-order chi connectivity index (χ0) is 24.8. The number of ether oxygens (including phenoxy) is 1. The van der Waals surface area contributed by atoms with Crippen LogP contribution in [-0.2, 0) is 15.7 Å². The van der Waals surface area contributed by atoms with E-state index in [2.05, 4.69) is 0 Å². The predicted octanol–water partition coefficient (Wildman–Crippen LogP) is 4.61. The fraction of sp³-hybridized carbons (Fsp3) is 0.304. The van der Waals surface area contributed by atoms with E-state index in [-0.39, 0.29) is 48.1 Å². The average Bonchev–Trinajstić information content (AvgIpc) is 3.36. The van der Waals surface area contributed by atoms with Gasteiger partial charge in [-0.15, -0.1) is 0 Å². The number of alkyl halides is 3. The minimum absolute atomic E-state index is 0.0999. The molecule has 11 heteroatoms. The number of nitriles is 1. The second-order valence-electron chi connectivity index (χ2n) is 7.87. The lowest BCUT2D eigenvalue weighted by molar-refractivity contribution is -0.137. The fourth-order valence-corrected chi connectivity index (χ4v) is 4.69. The Balaban J connectivity index is 1.83. The molecule has 1 atom stereocenters. The van der Waals surface area contributed by atoms with Crippen LogP contribution in [0.15, 0.2) is 36.4 Å². The largest absolute Gasteiger partial charge is 0.417 e. The van der Waals surface area contributed by atoms with E-state index in [9.17, 15) is 27.2 Å². The van der Waals surface area contributed by atoms with Gasteiger partial charge in [-0.3, -0.25) is 14.5 Å². The highest BCUT2D eigenvalue weighted by atomic mass is 32.1. The van der Waals surface area contributed by atoms with Crippen LogP contribution >= 0.6 is 12.2 Å². The summed E-state index contributed by atoms with van der Waals surface area (Å²) in [4.78, 5) is 27.8. The van der Waals surface area contributed by atoms with Gasteiger partial charge in [0.1, 0.15) is 5.82 Å². The summed E-state index contributed by atoms with van der Waals surface area (Å²) in [5, 5.41) is 8.90. The summed E-state index contributed by atoms with van der Waals surface area (Å²) in [7, 11) is 0. The van der Waals surface area contributed by atoms with Gasteiger partial charge >= 0.3 is 6.18 Å². The molecule has 0 radical (unpaired) electrons. The zero-order valence-corrected chi connectivity index (χ0v) is 18.6.